The molecule has 1 aromatic rings. The van der Waals surface area contributed by atoms with Gasteiger partial charge in [-0.2, -0.15) is 0 Å². The highest BCUT2D eigenvalue weighted by molar-refractivity contribution is 7.89. The molecule has 0 aromatic heterocycles. The molecule has 1 heterocycles. The number of hydrogen-bond donors (Lipinski definition) is 2. The van der Waals surface area contributed by atoms with E-state index in [1.807, 2.05) is 6.92 Å². The molecular weight excluding hydrogens is 274 g/mol. The first kappa shape index (κ1) is 14.4. The van der Waals surface area contributed by atoms with Crippen molar-refractivity contribution < 1.29 is 17.2 Å². The van der Waals surface area contributed by atoms with Crippen LogP contribution in [0.1, 0.15) is 13.3 Å². The molecule has 1 fully saturated rings. The zero-order valence-corrected chi connectivity index (χ0v) is 11.3. The summed E-state index contributed by atoms with van der Waals surface area (Å²) in [5, 5.41) is 3.15. The van der Waals surface area contributed by atoms with Crippen LogP contribution in [0.25, 0.3) is 0 Å². The van der Waals surface area contributed by atoms with Crippen LogP contribution in [0.2, 0.25) is 0 Å². The molecule has 0 bridgehead atoms. The minimum absolute atomic E-state index is 0.118. The van der Waals surface area contributed by atoms with Crippen molar-refractivity contribution >= 4 is 10.0 Å². The quantitative estimate of drug-likeness (QED) is 0.880. The summed E-state index contributed by atoms with van der Waals surface area (Å²) in [4.78, 5) is -0.514. The van der Waals surface area contributed by atoms with Gasteiger partial charge in [0, 0.05) is 12.1 Å². The van der Waals surface area contributed by atoms with E-state index < -0.39 is 26.6 Å². The van der Waals surface area contributed by atoms with E-state index in [9.17, 15) is 17.2 Å². The first-order valence-corrected chi connectivity index (χ1v) is 7.56. The van der Waals surface area contributed by atoms with E-state index in [2.05, 4.69) is 10.0 Å². The van der Waals surface area contributed by atoms with Gasteiger partial charge in [-0.3, -0.25) is 0 Å². The van der Waals surface area contributed by atoms with Gasteiger partial charge in [-0.15, -0.1) is 0 Å². The van der Waals surface area contributed by atoms with Crippen LogP contribution in [-0.4, -0.2) is 27.5 Å². The van der Waals surface area contributed by atoms with Gasteiger partial charge in [0.1, 0.15) is 16.5 Å². The fraction of sp³-hybridized carbons (Fsp3) is 0.500. The first-order valence-electron chi connectivity index (χ1n) is 6.08. The van der Waals surface area contributed by atoms with Crippen molar-refractivity contribution in [3.63, 3.8) is 0 Å². The number of halogens is 2. The van der Waals surface area contributed by atoms with E-state index in [0.29, 0.717) is 25.6 Å². The smallest absolute Gasteiger partial charge is 0.243 e. The Hall–Kier alpha value is -1.05. The number of rotatable bonds is 3. The molecule has 7 heteroatoms. The maximum Gasteiger partial charge on any atom is 0.243 e. The van der Waals surface area contributed by atoms with Gasteiger partial charge < -0.3 is 5.32 Å². The summed E-state index contributed by atoms with van der Waals surface area (Å²) < 4.78 is 53.0. The molecule has 2 N–H and O–H groups in total. The van der Waals surface area contributed by atoms with Crippen LogP contribution in [0.15, 0.2) is 23.1 Å². The van der Waals surface area contributed by atoms with Gasteiger partial charge in [-0.1, -0.05) is 6.92 Å². The standard InChI is InChI=1S/C12H16F2N2O2S/c1-8-7-15-5-4-11(8)16-19(17,18)12-3-2-9(13)6-10(12)14/h2-3,6,8,11,15-16H,4-5,7H2,1H3/t8-,11-/m0/s1. The maximum absolute atomic E-state index is 13.5. The monoisotopic (exact) mass is 290 g/mol. The lowest BCUT2D eigenvalue weighted by Gasteiger charge is -2.29. The molecule has 0 saturated carbocycles. The van der Waals surface area contributed by atoms with Crippen molar-refractivity contribution in [2.75, 3.05) is 13.1 Å². The van der Waals surface area contributed by atoms with Crippen molar-refractivity contribution in [3.8, 4) is 0 Å². The van der Waals surface area contributed by atoms with E-state index in [1.54, 1.807) is 0 Å². The summed E-state index contributed by atoms with van der Waals surface area (Å²) in [6.07, 6.45) is 0.642. The van der Waals surface area contributed by atoms with Crippen molar-refractivity contribution in [2.24, 2.45) is 5.92 Å². The van der Waals surface area contributed by atoms with Gasteiger partial charge in [0.25, 0.3) is 0 Å². The SMILES string of the molecule is C[C@H]1CNCC[C@@H]1NS(=O)(=O)c1ccc(F)cc1F. The highest BCUT2D eigenvalue weighted by Gasteiger charge is 2.28. The van der Waals surface area contributed by atoms with Crippen molar-refractivity contribution in [2.45, 2.75) is 24.3 Å². The van der Waals surface area contributed by atoms with Crippen LogP contribution >= 0.6 is 0 Å². The molecule has 0 aliphatic carbocycles. The third-order valence-corrected chi connectivity index (χ3v) is 4.80. The summed E-state index contributed by atoms with van der Waals surface area (Å²) in [7, 11) is -3.96. The van der Waals surface area contributed by atoms with Crippen LogP contribution in [0.5, 0.6) is 0 Å². The van der Waals surface area contributed by atoms with Crippen LogP contribution < -0.4 is 10.0 Å². The predicted octanol–water partition coefficient (Wildman–Crippen LogP) is 1.24. The van der Waals surface area contributed by atoms with E-state index in [4.69, 9.17) is 0 Å². The minimum atomic E-state index is -3.96. The fourth-order valence-electron chi connectivity index (χ4n) is 2.15. The number of sulfonamides is 1. The van der Waals surface area contributed by atoms with Crippen LogP contribution in [0.3, 0.4) is 0 Å². The van der Waals surface area contributed by atoms with Gasteiger partial charge in [-0.05, 0) is 37.6 Å². The van der Waals surface area contributed by atoms with Crippen molar-refractivity contribution in [3.05, 3.63) is 29.8 Å². The van der Waals surface area contributed by atoms with Gasteiger partial charge >= 0.3 is 0 Å². The second-order valence-electron chi connectivity index (χ2n) is 4.77. The van der Waals surface area contributed by atoms with Crippen molar-refractivity contribution in [1.82, 2.24) is 10.0 Å². The number of hydrogen-bond acceptors (Lipinski definition) is 3. The van der Waals surface area contributed by atoms with Gasteiger partial charge in [0.05, 0.1) is 0 Å². The molecule has 4 nitrogen and oxygen atoms in total. The lowest BCUT2D eigenvalue weighted by atomic mass is 9.97. The number of piperidine rings is 1. The molecule has 1 aliphatic heterocycles. The third kappa shape index (κ3) is 3.29. The van der Waals surface area contributed by atoms with E-state index in [-0.39, 0.29) is 12.0 Å². The molecule has 19 heavy (non-hydrogen) atoms. The average Bonchev–Trinajstić information content (AvgIpc) is 2.31. The topological polar surface area (TPSA) is 58.2 Å². The number of nitrogens with one attached hydrogen (secondary N) is 2. The summed E-state index contributed by atoms with van der Waals surface area (Å²) >= 11 is 0. The molecule has 0 unspecified atom stereocenters. The Morgan fingerprint density at radius 1 is 1.37 bits per heavy atom. The largest absolute Gasteiger partial charge is 0.316 e. The first-order chi connectivity index (χ1) is 8.90. The zero-order chi connectivity index (χ0) is 14.0. The Morgan fingerprint density at radius 3 is 2.74 bits per heavy atom. The molecule has 2 rings (SSSR count). The summed E-state index contributed by atoms with van der Waals surface area (Å²) in [5.74, 6) is -1.76. The Morgan fingerprint density at radius 2 is 2.11 bits per heavy atom. The summed E-state index contributed by atoms with van der Waals surface area (Å²) in [6, 6.07) is 2.21. The van der Waals surface area contributed by atoms with Gasteiger partial charge in [-0.25, -0.2) is 21.9 Å². The van der Waals surface area contributed by atoms with E-state index in [1.165, 1.54) is 0 Å². The maximum atomic E-state index is 13.5. The molecule has 0 radical (unpaired) electrons. The lowest BCUT2D eigenvalue weighted by Crippen LogP contribution is -2.48. The second kappa shape index (κ2) is 5.52. The number of benzene rings is 1. The third-order valence-electron chi connectivity index (χ3n) is 3.28. The second-order valence-corrected chi connectivity index (χ2v) is 6.46. The van der Waals surface area contributed by atoms with Crippen LogP contribution in [0, 0.1) is 17.6 Å². The Labute approximate surface area is 111 Å². The molecule has 1 saturated heterocycles. The van der Waals surface area contributed by atoms with E-state index in [0.717, 1.165) is 12.1 Å². The molecule has 1 aromatic carbocycles. The predicted molar refractivity (Wildman–Crippen MR) is 67.1 cm³/mol. The summed E-state index contributed by atoms with van der Waals surface area (Å²) in [5.41, 5.74) is 0. The highest BCUT2D eigenvalue weighted by atomic mass is 32.2. The van der Waals surface area contributed by atoms with Crippen LogP contribution in [-0.2, 0) is 10.0 Å². The Bertz CT molecular complexity index is 563. The molecule has 0 spiro atoms. The minimum Gasteiger partial charge on any atom is -0.316 e. The molecule has 0 amide bonds. The van der Waals surface area contributed by atoms with Crippen molar-refractivity contribution in [1.29, 1.82) is 0 Å². The zero-order valence-electron chi connectivity index (χ0n) is 10.5. The Balaban J connectivity index is 2.22. The van der Waals surface area contributed by atoms with Gasteiger partial charge in [0.15, 0.2) is 0 Å². The molecule has 1 aliphatic rings. The normalized spacial score (nSPS) is 24.4. The van der Waals surface area contributed by atoms with Crippen LogP contribution in [0.4, 0.5) is 8.78 Å². The molecule has 2 atom stereocenters. The van der Waals surface area contributed by atoms with E-state index >= 15 is 0 Å². The lowest BCUT2D eigenvalue weighted by molar-refractivity contribution is 0.327. The molecule has 106 valence electrons. The fourth-order valence-corrected chi connectivity index (χ4v) is 3.58. The van der Waals surface area contributed by atoms with Gasteiger partial charge in [0.2, 0.25) is 10.0 Å². The Kier molecular flexibility index (Phi) is 4.17. The highest BCUT2D eigenvalue weighted by Crippen LogP contribution is 2.18. The molecular formula is C12H16F2N2O2S. The summed E-state index contributed by atoms with van der Waals surface area (Å²) in [6.45, 7) is 3.34. The average molecular weight is 290 g/mol.